The summed E-state index contributed by atoms with van der Waals surface area (Å²) in [6.07, 6.45) is -9.70. The minimum Gasteiger partial charge on any atom is -0.324 e. The van der Waals surface area contributed by atoms with Crippen LogP contribution in [0.4, 0.5) is 60.5 Å². The van der Waals surface area contributed by atoms with Crippen LogP contribution in [-0.2, 0) is 31.5 Å². The second-order valence-corrected chi connectivity index (χ2v) is 16.3. The molecule has 0 saturated heterocycles. The van der Waals surface area contributed by atoms with Crippen molar-refractivity contribution in [3.63, 3.8) is 0 Å². The fourth-order valence-corrected chi connectivity index (χ4v) is 6.82. The average Bonchev–Trinajstić information content (AvgIpc) is 3.23. The van der Waals surface area contributed by atoms with Crippen LogP contribution in [0.1, 0.15) is 56.8 Å². The van der Waals surface area contributed by atoms with Gasteiger partial charge >= 0.3 is 12.4 Å². The number of carbonyl (C=O) groups is 6. The molecule has 2 atom stereocenters. The predicted molar refractivity (Wildman–Crippen MR) is 243 cm³/mol. The molecule has 0 radical (unpaired) electrons. The monoisotopic (exact) mass is 1020 g/mol. The summed E-state index contributed by atoms with van der Waals surface area (Å²) in [5.41, 5.74) is -3.19. The molecule has 0 aliphatic rings. The van der Waals surface area contributed by atoms with E-state index in [0.717, 1.165) is 62.4 Å². The smallest absolute Gasteiger partial charge is 0.324 e. The first-order chi connectivity index (χ1) is 31.7. The Bertz CT molecular complexity index is 2740. The van der Waals surface area contributed by atoms with Crippen LogP contribution in [0.5, 0.6) is 0 Å². The maximum atomic E-state index is 13.6. The first-order valence-corrected chi connectivity index (χ1v) is 20.7. The highest BCUT2D eigenvalue weighted by Gasteiger charge is 2.36. The molecule has 5 aromatic carbocycles. The van der Waals surface area contributed by atoms with E-state index in [1.54, 1.807) is 13.8 Å². The molecule has 0 spiro atoms. The maximum Gasteiger partial charge on any atom is 0.418 e. The summed E-state index contributed by atoms with van der Waals surface area (Å²) in [6.45, 7) is 5.25. The molecule has 4 amide bonds. The summed E-state index contributed by atoms with van der Waals surface area (Å²) in [5, 5.41) is 24.3. The van der Waals surface area contributed by atoms with Gasteiger partial charge in [-0.25, -0.2) is 0 Å². The number of benzene rings is 5. The van der Waals surface area contributed by atoms with Gasteiger partial charge in [0.2, 0.25) is 12.1 Å². The van der Waals surface area contributed by atoms with Crippen molar-refractivity contribution >= 4 is 116 Å². The van der Waals surface area contributed by atoms with Crippen LogP contribution in [0.25, 0.3) is 0 Å². The summed E-state index contributed by atoms with van der Waals surface area (Å²) in [6, 6.07) is 11.8. The van der Waals surface area contributed by atoms with Crippen molar-refractivity contribution in [2.75, 3.05) is 21.3 Å². The van der Waals surface area contributed by atoms with Gasteiger partial charge in [-0.05, 0) is 124 Å². The summed E-state index contributed by atoms with van der Waals surface area (Å²) >= 11 is 23.8. The van der Waals surface area contributed by atoms with Crippen molar-refractivity contribution in [2.24, 2.45) is 20.5 Å². The third-order valence-electron chi connectivity index (χ3n) is 9.51. The number of ketones is 2. The number of azo groups is 2. The van der Waals surface area contributed by atoms with Gasteiger partial charge in [0.15, 0.2) is 11.6 Å². The molecule has 24 heteroatoms. The molecule has 14 nitrogen and oxygen atoms in total. The van der Waals surface area contributed by atoms with E-state index in [1.807, 2.05) is 0 Å². The van der Waals surface area contributed by atoms with Gasteiger partial charge in [-0.3, -0.25) is 28.8 Å². The highest BCUT2D eigenvalue weighted by molar-refractivity contribution is 6.32. The van der Waals surface area contributed by atoms with E-state index in [0.29, 0.717) is 23.3 Å². The van der Waals surface area contributed by atoms with E-state index in [2.05, 4.69) is 41.7 Å². The molecule has 0 aromatic heterocycles. The number of amides is 4. The van der Waals surface area contributed by atoms with Gasteiger partial charge in [-0.1, -0.05) is 46.4 Å². The molecule has 354 valence electrons. The molecule has 2 unspecified atom stereocenters. The molecule has 0 fully saturated rings. The number of rotatable bonds is 14. The maximum absolute atomic E-state index is 13.6. The summed E-state index contributed by atoms with van der Waals surface area (Å²) in [5.74, 6) is -5.42. The molecule has 0 saturated carbocycles. The third kappa shape index (κ3) is 13.5. The summed E-state index contributed by atoms with van der Waals surface area (Å²) < 4.78 is 81.6. The van der Waals surface area contributed by atoms with E-state index in [9.17, 15) is 55.1 Å². The van der Waals surface area contributed by atoms with Gasteiger partial charge in [0.25, 0.3) is 23.6 Å². The highest BCUT2D eigenvalue weighted by Crippen LogP contribution is 2.38. The van der Waals surface area contributed by atoms with Crippen molar-refractivity contribution in [1.82, 2.24) is 0 Å². The largest absolute Gasteiger partial charge is 0.418 e. The van der Waals surface area contributed by atoms with E-state index < -0.39 is 82.1 Å². The van der Waals surface area contributed by atoms with Crippen LogP contribution in [0, 0.1) is 13.8 Å². The molecular weight excluding hydrogens is 992 g/mol. The molecule has 5 aromatic rings. The quantitative estimate of drug-likeness (QED) is 0.0484. The molecular formula is C44H32Cl4F6N8O6. The minimum absolute atomic E-state index is 0.0817. The first kappa shape index (κ1) is 52.2. The van der Waals surface area contributed by atoms with E-state index in [-0.39, 0.29) is 54.0 Å². The first-order valence-electron chi connectivity index (χ1n) is 19.2. The Morgan fingerprint density at radius 1 is 0.471 bits per heavy atom. The summed E-state index contributed by atoms with van der Waals surface area (Å²) in [7, 11) is 0. The normalized spacial score (nSPS) is 12.7. The van der Waals surface area contributed by atoms with Gasteiger partial charge in [0, 0.05) is 42.6 Å². The molecule has 0 aliphatic carbocycles. The standard InChI is InChI=1S/C44H32Cl4F6N8O6/c1-19-20(2)34(56-42(68)38(22(4)64)62-60-30-14-24(12-28(48)16-30)40(66)58-36-8-6-26(46)18-32(36)44(52,53)54)10-9-33(19)55-41(67)37(21(3)63)61-59-29-13-23(11-27(47)15-29)39(65)57-35-7-5-25(45)17-31(35)43(49,50)51/h5-18,37-38H,1-4H3,(H,55,67)(H,56,68)(H,57,65)(H,58,66). The van der Waals surface area contributed by atoms with Crippen LogP contribution in [-0.4, -0.2) is 47.3 Å². The SMILES string of the molecule is CC(=O)C(N=Nc1cc(Cl)cc(C(=O)Nc2ccc(Cl)cc2C(F)(F)F)c1)C(=O)Nc1ccc(NC(=O)C(N=Nc2cc(Cl)cc(C(=O)Nc3ccc(Cl)cc3C(F)(F)F)c2)C(C)=O)c(C)c1C. The fraction of sp³-hybridized carbons (Fsp3) is 0.182. The van der Waals surface area contributed by atoms with Gasteiger partial charge < -0.3 is 21.3 Å². The van der Waals surface area contributed by atoms with Crippen molar-refractivity contribution in [2.45, 2.75) is 52.1 Å². The second-order valence-electron chi connectivity index (χ2n) is 14.5. The van der Waals surface area contributed by atoms with Gasteiger partial charge in [0.1, 0.15) is 0 Å². The Balaban J connectivity index is 1.28. The zero-order chi connectivity index (χ0) is 50.4. The number of Topliss-reactive ketones (excluding diaryl/α,β-unsaturated/α-hetero) is 2. The molecule has 68 heavy (non-hydrogen) atoms. The van der Waals surface area contributed by atoms with Gasteiger partial charge in [0.05, 0.1) is 33.9 Å². The number of anilines is 4. The number of hydrogen-bond acceptors (Lipinski definition) is 10. The average molecular weight is 1020 g/mol. The Kier molecular flexibility index (Phi) is 16.5. The lowest BCUT2D eigenvalue weighted by Crippen LogP contribution is -2.33. The lowest BCUT2D eigenvalue weighted by Gasteiger charge is -2.17. The van der Waals surface area contributed by atoms with Crippen LogP contribution in [0.15, 0.2) is 105 Å². The van der Waals surface area contributed by atoms with E-state index >= 15 is 0 Å². The molecule has 0 bridgehead atoms. The number of carbonyl (C=O) groups excluding carboxylic acids is 6. The van der Waals surface area contributed by atoms with Crippen molar-refractivity contribution in [3.8, 4) is 0 Å². The predicted octanol–water partition coefficient (Wildman–Crippen LogP) is 12.8. The van der Waals surface area contributed by atoms with Crippen LogP contribution in [0.2, 0.25) is 20.1 Å². The Morgan fingerprint density at radius 2 is 0.809 bits per heavy atom. The van der Waals surface area contributed by atoms with Gasteiger partial charge in [-0.15, -0.1) is 0 Å². The number of halogens is 10. The van der Waals surface area contributed by atoms with Crippen LogP contribution < -0.4 is 21.3 Å². The molecule has 5 rings (SSSR count). The van der Waals surface area contributed by atoms with Crippen molar-refractivity contribution in [3.05, 3.63) is 138 Å². The van der Waals surface area contributed by atoms with Crippen LogP contribution in [0.3, 0.4) is 0 Å². The minimum atomic E-state index is -4.85. The second kappa shape index (κ2) is 21.5. The number of nitrogens with one attached hydrogen (secondary N) is 4. The lowest BCUT2D eigenvalue weighted by atomic mass is 10.0. The highest BCUT2D eigenvalue weighted by atomic mass is 35.5. The number of nitrogens with zero attached hydrogens (tertiary/aromatic N) is 4. The molecule has 0 heterocycles. The molecule has 4 N–H and O–H groups in total. The zero-order valence-corrected chi connectivity index (χ0v) is 38.3. The Labute approximate surface area is 401 Å². The Morgan fingerprint density at radius 3 is 1.13 bits per heavy atom. The van der Waals surface area contributed by atoms with E-state index in [1.165, 1.54) is 24.3 Å². The van der Waals surface area contributed by atoms with E-state index in [4.69, 9.17) is 46.4 Å². The lowest BCUT2D eigenvalue weighted by molar-refractivity contribution is -0.137. The topological polar surface area (TPSA) is 200 Å². The third-order valence-corrected chi connectivity index (χ3v) is 10.4. The number of alkyl halides is 6. The van der Waals surface area contributed by atoms with Crippen LogP contribution >= 0.6 is 46.4 Å². The number of hydrogen-bond donors (Lipinski definition) is 4. The summed E-state index contributed by atoms with van der Waals surface area (Å²) in [4.78, 5) is 77.9. The van der Waals surface area contributed by atoms with Crippen molar-refractivity contribution in [1.29, 1.82) is 0 Å². The Hall–Kier alpha value is -6.74. The molecule has 0 aliphatic heterocycles. The van der Waals surface area contributed by atoms with Crippen molar-refractivity contribution < 1.29 is 55.1 Å². The van der Waals surface area contributed by atoms with Gasteiger partial charge in [-0.2, -0.15) is 46.8 Å². The zero-order valence-electron chi connectivity index (χ0n) is 35.3. The fourth-order valence-electron chi connectivity index (χ4n) is 6.01.